The monoisotopic (exact) mass is 414 g/mol. The van der Waals surface area contributed by atoms with Crippen LogP contribution in [0.25, 0.3) is 16.9 Å². The first kappa shape index (κ1) is 24.8. The highest BCUT2D eigenvalue weighted by molar-refractivity contribution is 8.13. The molecule has 150 valence electrons. The summed E-state index contributed by atoms with van der Waals surface area (Å²) in [6.45, 7) is 11.6. The smallest absolute Gasteiger partial charge is 0.277 e. The molecule has 2 heterocycles. The zero-order valence-electron chi connectivity index (χ0n) is 16.7. The van der Waals surface area contributed by atoms with Gasteiger partial charge in [-0.25, -0.2) is 17.9 Å². The minimum absolute atomic E-state index is 0.165. The van der Waals surface area contributed by atoms with Gasteiger partial charge < -0.3 is 4.98 Å². The van der Waals surface area contributed by atoms with Crippen molar-refractivity contribution < 1.29 is 8.42 Å². The normalized spacial score (nSPS) is 9.93. The lowest BCUT2D eigenvalue weighted by Crippen LogP contribution is -2.14. The van der Waals surface area contributed by atoms with Crippen molar-refractivity contribution in [2.45, 2.75) is 41.5 Å². The van der Waals surface area contributed by atoms with Gasteiger partial charge >= 0.3 is 0 Å². The standard InChI is InChI=1S/C13H12N4O.2C2H6.CH3ClO2S/c1-8-11-13(18)15-12(10-6-4-3-5-7-10)16-17(11)9(2)14-8;2*1-2;1-5(2,3)4/h3-7H,1-2H3,(H,15,16,18);2*1-2H3;1H3. The molecule has 2 aromatic heterocycles. The van der Waals surface area contributed by atoms with Crippen LogP contribution in [-0.2, 0) is 9.05 Å². The van der Waals surface area contributed by atoms with E-state index in [-0.39, 0.29) is 5.56 Å². The Morgan fingerprint density at radius 1 is 1.04 bits per heavy atom. The molecule has 0 aliphatic carbocycles. The summed E-state index contributed by atoms with van der Waals surface area (Å²) in [5, 5.41) is 4.43. The molecule has 0 spiro atoms. The number of rotatable bonds is 1. The fourth-order valence-corrected chi connectivity index (χ4v) is 2.06. The number of hydrogen-bond donors (Lipinski definition) is 1. The highest BCUT2D eigenvalue weighted by atomic mass is 35.7. The number of H-pyrrole nitrogens is 1. The van der Waals surface area contributed by atoms with E-state index in [4.69, 9.17) is 0 Å². The molecule has 0 radical (unpaired) electrons. The molecule has 7 nitrogen and oxygen atoms in total. The van der Waals surface area contributed by atoms with E-state index < -0.39 is 9.05 Å². The van der Waals surface area contributed by atoms with E-state index in [0.29, 0.717) is 22.9 Å². The second kappa shape index (κ2) is 11.5. The third-order valence-electron chi connectivity index (χ3n) is 2.88. The molecule has 9 heteroatoms. The van der Waals surface area contributed by atoms with Crippen molar-refractivity contribution in [1.29, 1.82) is 0 Å². The van der Waals surface area contributed by atoms with Gasteiger partial charge in [-0.2, -0.15) is 0 Å². The first-order valence-corrected chi connectivity index (χ1v) is 11.3. The van der Waals surface area contributed by atoms with E-state index in [1.54, 1.807) is 11.4 Å². The van der Waals surface area contributed by atoms with E-state index in [1.807, 2.05) is 65.0 Å². The molecule has 0 fully saturated rings. The number of halogens is 1. The van der Waals surface area contributed by atoms with Crippen molar-refractivity contribution in [3.63, 3.8) is 0 Å². The molecule has 0 amide bonds. The molecule has 0 saturated heterocycles. The number of aryl methyl sites for hydroxylation is 2. The van der Waals surface area contributed by atoms with E-state index in [1.165, 1.54) is 0 Å². The topological polar surface area (TPSA) is 97.2 Å². The second-order valence-corrected chi connectivity index (χ2v) is 7.90. The molecule has 27 heavy (non-hydrogen) atoms. The van der Waals surface area contributed by atoms with Crippen LogP contribution in [0, 0.1) is 13.8 Å². The summed E-state index contributed by atoms with van der Waals surface area (Å²) < 4.78 is 20.4. The Morgan fingerprint density at radius 3 is 2.00 bits per heavy atom. The van der Waals surface area contributed by atoms with Gasteiger partial charge in [-0.3, -0.25) is 4.79 Å². The Bertz CT molecular complexity index is 989. The molecule has 1 aromatic carbocycles. The molecule has 3 aromatic rings. The molecule has 0 aliphatic rings. The largest absolute Gasteiger partial charge is 0.303 e. The number of fused-ring (bicyclic) bond motifs is 1. The Morgan fingerprint density at radius 2 is 1.52 bits per heavy atom. The van der Waals surface area contributed by atoms with Gasteiger partial charge in [0, 0.05) is 16.2 Å². The lowest BCUT2D eigenvalue weighted by atomic mass is 10.2. The minimum Gasteiger partial charge on any atom is -0.303 e. The van der Waals surface area contributed by atoms with E-state index in [2.05, 4.69) is 25.7 Å². The Kier molecular flexibility index (Phi) is 10.6. The quantitative estimate of drug-likeness (QED) is 0.608. The van der Waals surface area contributed by atoms with Crippen LogP contribution < -0.4 is 5.56 Å². The number of imidazole rings is 1. The van der Waals surface area contributed by atoms with Crippen LogP contribution in [0.5, 0.6) is 0 Å². The van der Waals surface area contributed by atoms with Crippen LogP contribution in [0.1, 0.15) is 39.2 Å². The van der Waals surface area contributed by atoms with Gasteiger partial charge in [0.2, 0.25) is 9.05 Å². The van der Waals surface area contributed by atoms with E-state index in [9.17, 15) is 13.2 Å². The average Bonchev–Trinajstić information content (AvgIpc) is 2.92. The van der Waals surface area contributed by atoms with Gasteiger partial charge in [0.1, 0.15) is 5.82 Å². The number of aromatic nitrogens is 4. The first-order chi connectivity index (χ1) is 12.7. The Labute approximate surface area is 164 Å². The van der Waals surface area contributed by atoms with Crippen molar-refractivity contribution in [1.82, 2.24) is 19.6 Å². The molecule has 3 rings (SSSR count). The summed E-state index contributed by atoms with van der Waals surface area (Å²) in [5.41, 5.74) is 1.91. The predicted molar refractivity (Wildman–Crippen MR) is 112 cm³/mol. The summed E-state index contributed by atoms with van der Waals surface area (Å²) in [6.07, 6.45) is 0.925. The maximum absolute atomic E-state index is 12.1. The van der Waals surface area contributed by atoms with Gasteiger partial charge in [-0.15, -0.1) is 5.10 Å². The highest BCUT2D eigenvalue weighted by Crippen LogP contribution is 2.13. The second-order valence-electron chi connectivity index (χ2n) is 4.86. The van der Waals surface area contributed by atoms with Crippen LogP contribution in [0.15, 0.2) is 35.1 Å². The summed E-state index contributed by atoms with van der Waals surface area (Å²) in [5.74, 6) is 1.26. The van der Waals surface area contributed by atoms with Gasteiger partial charge in [0.15, 0.2) is 11.3 Å². The van der Waals surface area contributed by atoms with E-state index >= 15 is 0 Å². The molecule has 0 aliphatic heterocycles. The summed E-state index contributed by atoms with van der Waals surface area (Å²) in [4.78, 5) is 19.1. The summed E-state index contributed by atoms with van der Waals surface area (Å²) in [6, 6.07) is 9.55. The Hall–Kier alpha value is -2.19. The Balaban J connectivity index is 0.000000646. The zero-order valence-corrected chi connectivity index (χ0v) is 18.3. The van der Waals surface area contributed by atoms with Crippen LogP contribution in [-0.4, -0.2) is 34.3 Å². The maximum Gasteiger partial charge on any atom is 0.277 e. The zero-order chi connectivity index (χ0) is 21.2. The molecule has 1 N–H and O–H groups in total. The van der Waals surface area contributed by atoms with Crippen LogP contribution >= 0.6 is 10.7 Å². The summed E-state index contributed by atoms with van der Waals surface area (Å²) in [7, 11) is 1.31. The molecule has 0 bridgehead atoms. The molecular formula is C18H27ClN4O3S. The van der Waals surface area contributed by atoms with E-state index in [0.717, 1.165) is 11.8 Å². The van der Waals surface area contributed by atoms with Gasteiger partial charge in [-0.05, 0) is 13.8 Å². The maximum atomic E-state index is 12.1. The average molecular weight is 415 g/mol. The number of nitrogens with zero attached hydrogens (tertiary/aromatic N) is 3. The fourth-order valence-electron chi connectivity index (χ4n) is 2.06. The first-order valence-electron chi connectivity index (χ1n) is 8.58. The summed E-state index contributed by atoms with van der Waals surface area (Å²) >= 11 is 0. The van der Waals surface area contributed by atoms with Gasteiger partial charge in [0.25, 0.3) is 5.56 Å². The molecule has 0 unspecified atom stereocenters. The van der Waals surface area contributed by atoms with Crippen LogP contribution in [0.2, 0.25) is 0 Å². The lowest BCUT2D eigenvalue weighted by molar-refractivity contribution is 0.615. The fraction of sp³-hybridized carbons (Fsp3) is 0.389. The molecular weight excluding hydrogens is 388 g/mol. The van der Waals surface area contributed by atoms with Crippen molar-refractivity contribution in [3.8, 4) is 11.4 Å². The number of hydrogen-bond acceptors (Lipinski definition) is 5. The number of aromatic amines is 1. The predicted octanol–water partition coefficient (Wildman–Crippen LogP) is 3.94. The third-order valence-corrected chi connectivity index (χ3v) is 2.88. The highest BCUT2D eigenvalue weighted by Gasteiger charge is 2.11. The third kappa shape index (κ3) is 7.92. The van der Waals surface area contributed by atoms with Gasteiger partial charge in [0.05, 0.1) is 11.9 Å². The molecule has 0 saturated carbocycles. The van der Waals surface area contributed by atoms with Crippen LogP contribution in [0.4, 0.5) is 0 Å². The van der Waals surface area contributed by atoms with Crippen LogP contribution in [0.3, 0.4) is 0 Å². The number of nitrogens with one attached hydrogen (secondary N) is 1. The number of benzene rings is 1. The molecule has 0 atom stereocenters. The van der Waals surface area contributed by atoms with Crippen molar-refractivity contribution in [3.05, 3.63) is 52.2 Å². The van der Waals surface area contributed by atoms with Crippen molar-refractivity contribution in [2.24, 2.45) is 0 Å². The van der Waals surface area contributed by atoms with Crippen molar-refractivity contribution in [2.75, 3.05) is 6.26 Å². The van der Waals surface area contributed by atoms with Gasteiger partial charge in [-0.1, -0.05) is 58.0 Å². The van der Waals surface area contributed by atoms with Crippen molar-refractivity contribution >= 4 is 25.2 Å². The lowest BCUT2D eigenvalue weighted by Gasteiger charge is -2.02. The minimum atomic E-state index is -3.19. The SMILES string of the molecule is CC.CC.CS(=O)(=O)Cl.Cc1nc(C)n2nc(-c3ccccc3)[nH]c(=O)c12.